The van der Waals surface area contributed by atoms with E-state index >= 15 is 0 Å². The number of rotatable bonds is 1. The lowest BCUT2D eigenvalue weighted by atomic mass is 10.1. The molecule has 2 heterocycles. The summed E-state index contributed by atoms with van der Waals surface area (Å²) in [7, 11) is 0. The second-order valence-electron chi connectivity index (χ2n) is 3.22. The first-order valence-electron chi connectivity index (χ1n) is 4.23. The molecule has 0 aliphatic carbocycles. The highest BCUT2D eigenvalue weighted by atomic mass is 16.8. The minimum atomic E-state index is -0.680. The molecule has 0 N–H and O–H groups in total. The highest BCUT2D eigenvalue weighted by Gasteiger charge is 2.43. The Morgan fingerprint density at radius 1 is 1.23 bits per heavy atom. The van der Waals surface area contributed by atoms with Gasteiger partial charge in [0.15, 0.2) is 6.10 Å². The van der Waals surface area contributed by atoms with Crippen LogP contribution >= 0.6 is 0 Å². The SMILES string of the molecule is CC1OC(=O)OC1C1CCC(=O)O1. The van der Waals surface area contributed by atoms with Gasteiger partial charge in [0.1, 0.15) is 12.2 Å². The number of ether oxygens (including phenoxy) is 3. The van der Waals surface area contributed by atoms with Crippen molar-refractivity contribution >= 4 is 12.1 Å². The van der Waals surface area contributed by atoms with Crippen molar-refractivity contribution in [3.05, 3.63) is 0 Å². The van der Waals surface area contributed by atoms with Gasteiger partial charge in [-0.2, -0.15) is 0 Å². The van der Waals surface area contributed by atoms with Crippen LogP contribution in [0.15, 0.2) is 0 Å². The van der Waals surface area contributed by atoms with E-state index in [1.165, 1.54) is 0 Å². The summed E-state index contributed by atoms with van der Waals surface area (Å²) in [6.45, 7) is 1.72. The maximum Gasteiger partial charge on any atom is 0.509 e. The Morgan fingerprint density at radius 3 is 2.46 bits per heavy atom. The molecule has 0 aromatic heterocycles. The topological polar surface area (TPSA) is 61.8 Å². The summed E-state index contributed by atoms with van der Waals surface area (Å²) in [5.74, 6) is -0.236. The van der Waals surface area contributed by atoms with E-state index in [0.29, 0.717) is 12.8 Å². The molecule has 5 heteroatoms. The Hall–Kier alpha value is -1.26. The average Bonchev–Trinajstić information content (AvgIpc) is 2.58. The Labute approximate surface area is 74.9 Å². The van der Waals surface area contributed by atoms with Gasteiger partial charge in [-0.15, -0.1) is 0 Å². The van der Waals surface area contributed by atoms with Crippen molar-refractivity contribution < 1.29 is 23.8 Å². The van der Waals surface area contributed by atoms with Crippen molar-refractivity contribution in [1.82, 2.24) is 0 Å². The van der Waals surface area contributed by atoms with Gasteiger partial charge in [0.05, 0.1) is 0 Å². The summed E-state index contributed by atoms with van der Waals surface area (Å²) in [6.07, 6.45) is -0.771. The fourth-order valence-corrected chi connectivity index (χ4v) is 1.61. The van der Waals surface area contributed by atoms with Gasteiger partial charge >= 0.3 is 12.1 Å². The van der Waals surface area contributed by atoms with E-state index in [4.69, 9.17) is 14.2 Å². The lowest BCUT2D eigenvalue weighted by Gasteiger charge is -2.16. The monoisotopic (exact) mass is 186 g/mol. The molecule has 2 aliphatic heterocycles. The fraction of sp³-hybridized carbons (Fsp3) is 0.750. The van der Waals surface area contributed by atoms with Crippen LogP contribution in [0.25, 0.3) is 0 Å². The Bertz CT molecular complexity index is 249. The average molecular weight is 186 g/mol. The van der Waals surface area contributed by atoms with Crippen molar-refractivity contribution in [2.24, 2.45) is 0 Å². The molecule has 13 heavy (non-hydrogen) atoms. The van der Waals surface area contributed by atoms with Crippen LogP contribution in [0.3, 0.4) is 0 Å². The summed E-state index contributed by atoms with van der Waals surface area (Å²) < 4.78 is 14.6. The zero-order valence-electron chi connectivity index (χ0n) is 7.19. The second-order valence-corrected chi connectivity index (χ2v) is 3.22. The standard InChI is InChI=1S/C8H10O5/c1-4-7(13-8(10)11-4)5-2-3-6(9)12-5/h4-5,7H,2-3H2,1H3. The predicted octanol–water partition coefficient (Wildman–Crippen LogP) is 0.616. The molecule has 2 rings (SSSR count). The Kier molecular flexibility index (Phi) is 1.86. The van der Waals surface area contributed by atoms with Gasteiger partial charge in [0, 0.05) is 6.42 Å². The molecule has 3 atom stereocenters. The zero-order chi connectivity index (χ0) is 9.42. The minimum absolute atomic E-state index is 0.236. The quantitative estimate of drug-likeness (QED) is 0.561. The van der Waals surface area contributed by atoms with Crippen LogP contribution in [0.2, 0.25) is 0 Å². The maximum absolute atomic E-state index is 10.8. The number of hydrogen-bond acceptors (Lipinski definition) is 5. The van der Waals surface area contributed by atoms with Crippen LogP contribution in [0.1, 0.15) is 19.8 Å². The van der Waals surface area contributed by atoms with Gasteiger partial charge in [-0.05, 0) is 13.3 Å². The maximum atomic E-state index is 10.8. The molecule has 0 bridgehead atoms. The van der Waals surface area contributed by atoms with Crippen LogP contribution in [0, 0.1) is 0 Å². The van der Waals surface area contributed by atoms with Crippen LogP contribution in [-0.4, -0.2) is 30.4 Å². The molecule has 0 aromatic carbocycles. The van der Waals surface area contributed by atoms with Crippen molar-refractivity contribution in [2.75, 3.05) is 0 Å². The summed E-state index contributed by atoms with van der Waals surface area (Å²) in [5.41, 5.74) is 0. The summed E-state index contributed by atoms with van der Waals surface area (Å²) in [5, 5.41) is 0. The molecule has 2 aliphatic rings. The lowest BCUT2D eigenvalue weighted by molar-refractivity contribution is -0.145. The van der Waals surface area contributed by atoms with Gasteiger partial charge in [0.25, 0.3) is 0 Å². The largest absolute Gasteiger partial charge is 0.509 e. The molecule has 5 nitrogen and oxygen atoms in total. The summed E-state index contributed by atoms with van der Waals surface area (Å²) >= 11 is 0. The van der Waals surface area contributed by atoms with Crippen LogP contribution in [-0.2, 0) is 19.0 Å². The molecule has 0 radical (unpaired) electrons. The molecular formula is C8H10O5. The van der Waals surface area contributed by atoms with Crippen molar-refractivity contribution in [3.63, 3.8) is 0 Å². The van der Waals surface area contributed by atoms with Gasteiger partial charge in [0.2, 0.25) is 0 Å². The number of cyclic esters (lactones) is 3. The molecule has 2 saturated heterocycles. The van der Waals surface area contributed by atoms with Crippen LogP contribution in [0.5, 0.6) is 0 Å². The fourth-order valence-electron chi connectivity index (χ4n) is 1.61. The molecule has 72 valence electrons. The molecule has 0 aromatic rings. The molecule has 0 spiro atoms. The normalized spacial score (nSPS) is 38.4. The summed E-state index contributed by atoms with van der Waals surface area (Å²) in [6, 6.07) is 0. The Morgan fingerprint density at radius 2 is 2.00 bits per heavy atom. The van der Waals surface area contributed by atoms with Crippen LogP contribution in [0.4, 0.5) is 4.79 Å². The predicted molar refractivity (Wildman–Crippen MR) is 39.9 cm³/mol. The third-order valence-electron chi connectivity index (χ3n) is 2.26. The molecule has 2 fully saturated rings. The van der Waals surface area contributed by atoms with Crippen LogP contribution < -0.4 is 0 Å². The Balaban J connectivity index is 2.01. The smallest absolute Gasteiger partial charge is 0.458 e. The summed E-state index contributed by atoms with van der Waals surface area (Å²) in [4.78, 5) is 21.5. The first-order chi connectivity index (χ1) is 6.16. The first-order valence-corrected chi connectivity index (χ1v) is 4.23. The molecular weight excluding hydrogens is 176 g/mol. The van der Waals surface area contributed by atoms with E-state index in [-0.39, 0.29) is 18.2 Å². The second kappa shape index (κ2) is 2.90. The zero-order valence-corrected chi connectivity index (χ0v) is 7.19. The lowest BCUT2D eigenvalue weighted by Crippen LogP contribution is -2.33. The number of carbonyl (C=O) groups is 2. The third-order valence-corrected chi connectivity index (χ3v) is 2.26. The van der Waals surface area contributed by atoms with E-state index in [1.807, 2.05) is 0 Å². The van der Waals surface area contributed by atoms with Gasteiger partial charge < -0.3 is 14.2 Å². The number of hydrogen-bond donors (Lipinski definition) is 0. The van der Waals surface area contributed by atoms with E-state index in [2.05, 4.69) is 0 Å². The van der Waals surface area contributed by atoms with Gasteiger partial charge in [-0.1, -0.05) is 0 Å². The molecule has 3 unspecified atom stereocenters. The van der Waals surface area contributed by atoms with E-state index in [9.17, 15) is 9.59 Å². The van der Waals surface area contributed by atoms with E-state index in [0.717, 1.165) is 0 Å². The highest BCUT2D eigenvalue weighted by molar-refractivity contribution is 5.71. The number of esters is 1. The molecule has 0 saturated carbocycles. The van der Waals surface area contributed by atoms with Crippen molar-refractivity contribution in [2.45, 2.75) is 38.1 Å². The van der Waals surface area contributed by atoms with Crippen molar-refractivity contribution in [3.8, 4) is 0 Å². The van der Waals surface area contributed by atoms with E-state index < -0.39 is 12.3 Å². The minimum Gasteiger partial charge on any atom is -0.458 e. The van der Waals surface area contributed by atoms with Gasteiger partial charge in [-0.25, -0.2) is 4.79 Å². The van der Waals surface area contributed by atoms with Crippen molar-refractivity contribution in [1.29, 1.82) is 0 Å². The number of carbonyl (C=O) groups excluding carboxylic acids is 2. The van der Waals surface area contributed by atoms with E-state index in [1.54, 1.807) is 6.92 Å². The van der Waals surface area contributed by atoms with Gasteiger partial charge in [-0.3, -0.25) is 4.79 Å². The highest BCUT2D eigenvalue weighted by Crippen LogP contribution is 2.26. The molecule has 0 amide bonds. The first kappa shape index (κ1) is 8.34. The third kappa shape index (κ3) is 1.46.